The zero-order chi connectivity index (χ0) is 17.2. The molecule has 0 radical (unpaired) electrons. The van der Waals surface area contributed by atoms with Gasteiger partial charge in [-0.25, -0.2) is 0 Å². The Hall–Kier alpha value is -1.59. The highest BCUT2D eigenvalue weighted by Gasteiger charge is 1.93. The van der Waals surface area contributed by atoms with E-state index in [0.717, 1.165) is 58.2 Å². The molecule has 0 aliphatic carbocycles. The van der Waals surface area contributed by atoms with Gasteiger partial charge in [0, 0.05) is 40.4 Å². The van der Waals surface area contributed by atoms with Crippen LogP contribution in [0.3, 0.4) is 0 Å². The molecule has 0 spiro atoms. The molecule has 0 saturated carbocycles. The van der Waals surface area contributed by atoms with Crippen LogP contribution in [0.2, 0.25) is 0 Å². The number of unbranched alkanes of at least 4 members (excludes halogenated alkanes) is 4. The van der Waals surface area contributed by atoms with Gasteiger partial charge in [-0.05, 0) is 19.3 Å². The first-order valence-corrected chi connectivity index (χ1v) is 8.13. The van der Waals surface area contributed by atoms with Crippen molar-refractivity contribution >= 4 is 17.7 Å². The Morgan fingerprint density at radius 3 is 1.18 bits per heavy atom. The second-order valence-corrected chi connectivity index (χ2v) is 5.22. The lowest BCUT2D eigenvalue weighted by molar-refractivity contribution is -0.119. The van der Waals surface area contributed by atoms with Crippen molar-refractivity contribution in [3.05, 3.63) is 0 Å². The number of hydrogen-bond acceptors (Lipinski definition) is 3. The van der Waals surface area contributed by atoms with Crippen LogP contribution in [0.1, 0.15) is 66.2 Å². The molecule has 6 heteroatoms. The molecule has 0 atom stereocenters. The molecule has 0 aliphatic rings. The molecule has 0 unspecified atom stereocenters. The molecule has 0 rings (SSSR count). The predicted molar refractivity (Wildman–Crippen MR) is 89.4 cm³/mol. The third-order valence-corrected chi connectivity index (χ3v) is 2.76. The van der Waals surface area contributed by atoms with Gasteiger partial charge in [-0.15, -0.1) is 0 Å². The van der Waals surface area contributed by atoms with E-state index < -0.39 is 0 Å². The van der Waals surface area contributed by atoms with E-state index in [-0.39, 0.29) is 17.7 Å². The normalized spacial score (nSPS) is 9.27. The van der Waals surface area contributed by atoms with Crippen molar-refractivity contribution in [3.8, 4) is 0 Å². The van der Waals surface area contributed by atoms with Crippen LogP contribution in [0.5, 0.6) is 0 Å². The maximum absolute atomic E-state index is 10.5. The Morgan fingerprint density at radius 2 is 0.909 bits per heavy atom. The summed E-state index contributed by atoms with van der Waals surface area (Å²) in [5, 5.41) is 8.20. The lowest BCUT2D eigenvalue weighted by Crippen LogP contribution is -2.21. The minimum atomic E-state index is 0.0308. The molecule has 6 nitrogen and oxygen atoms in total. The third-order valence-electron chi connectivity index (χ3n) is 2.76. The maximum Gasteiger partial charge on any atom is 0.216 e. The number of nitrogens with one attached hydrogen (secondary N) is 3. The van der Waals surface area contributed by atoms with E-state index >= 15 is 0 Å². The van der Waals surface area contributed by atoms with Gasteiger partial charge in [-0.1, -0.05) is 26.2 Å². The number of rotatable bonds is 10. The lowest BCUT2D eigenvalue weighted by atomic mass is 10.2. The van der Waals surface area contributed by atoms with Gasteiger partial charge < -0.3 is 16.0 Å². The van der Waals surface area contributed by atoms with E-state index in [0.29, 0.717) is 0 Å². The first-order chi connectivity index (χ1) is 10.4. The minimum absolute atomic E-state index is 0.0308. The van der Waals surface area contributed by atoms with Crippen LogP contribution >= 0.6 is 0 Å². The smallest absolute Gasteiger partial charge is 0.216 e. The van der Waals surface area contributed by atoms with Gasteiger partial charge in [0.05, 0.1) is 0 Å². The largest absolute Gasteiger partial charge is 0.356 e. The molecule has 0 bridgehead atoms. The quantitative estimate of drug-likeness (QED) is 0.537. The highest BCUT2D eigenvalue weighted by Crippen LogP contribution is 1.97. The molecule has 3 N–H and O–H groups in total. The summed E-state index contributed by atoms with van der Waals surface area (Å²) in [6, 6.07) is 0. The van der Waals surface area contributed by atoms with Crippen LogP contribution in [0, 0.1) is 0 Å². The summed E-state index contributed by atoms with van der Waals surface area (Å²) < 4.78 is 0. The number of amides is 3. The van der Waals surface area contributed by atoms with Gasteiger partial charge in [-0.2, -0.15) is 0 Å². The van der Waals surface area contributed by atoms with Gasteiger partial charge in [0.2, 0.25) is 17.7 Å². The topological polar surface area (TPSA) is 87.3 Å². The van der Waals surface area contributed by atoms with Crippen LogP contribution < -0.4 is 16.0 Å². The molecule has 130 valence electrons. The molecule has 0 aromatic heterocycles. The Balaban J connectivity index is 0. The van der Waals surface area contributed by atoms with E-state index in [1.54, 1.807) is 0 Å². The Bertz CT molecular complexity index is 287. The first-order valence-electron chi connectivity index (χ1n) is 8.13. The maximum atomic E-state index is 10.5. The summed E-state index contributed by atoms with van der Waals surface area (Å²) >= 11 is 0. The molecular weight excluding hydrogens is 282 g/mol. The predicted octanol–water partition coefficient (Wildman–Crippen LogP) is 1.74. The summed E-state index contributed by atoms with van der Waals surface area (Å²) in [6.45, 7) is 9.03. The zero-order valence-electron chi connectivity index (χ0n) is 14.6. The Morgan fingerprint density at radius 1 is 0.591 bits per heavy atom. The van der Waals surface area contributed by atoms with Gasteiger partial charge in [0.25, 0.3) is 0 Å². The van der Waals surface area contributed by atoms with E-state index in [2.05, 4.69) is 22.9 Å². The van der Waals surface area contributed by atoms with E-state index in [4.69, 9.17) is 0 Å². The molecule has 0 heterocycles. The van der Waals surface area contributed by atoms with E-state index in [1.165, 1.54) is 20.8 Å². The van der Waals surface area contributed by atoms with Crippen LogP contribution in [-0.2, 0) is 14.4 Å². The fourth-order valence-corrected chi connectivity index (χ4v) is 1.57. The van der Waals surface area contributed by atoms with Crippen LogP contribution in [0.15, 0.2) is 0 Å². The highest BCUT2D eigenvalue weighted by molar-refractivity contribution is 5.73. The van der Waals surface area contributed by atoms with Gasteiger partial charge >= 0.3 is 0 Å². The van der Waals surface area contributed by atoms with E-state index in [1.807, 2.05) is 0 Å². The van der Waals surface area contributed by atoms with Crippen molar-refractivity contribution in [2.24, 2.45) is 0 Å². The molecule has 0 fully saturated rings. The fraction of sp³-hybridized carbons (Fsp3) is 0.812. The average molecular weight is 315 g/mol. The van der Waals surface area contributed by atoms with E-state index in [9.17, 15) is 14.4 Å². The van der Waals surface area contributed by atoms with Crippen LogP contribution in [0.4, 0.5) is 0 Å². The first kappa shape index (κ1) is 22.7. The van der Waals surface area contributed by atoms with Crippen LogP contribution in [0.25, 0.3) is 0 Å². The van der Waals surface area contributed by atoms with Gasteiger partial charge in [0.1, 0.15) is 0 Å². The molecule has 3 amide bonds. The number of carbonyl (C=O) groups is 3. The highest BCUT2D eigenvalue weighted by atomic mass is 16.2. The molecule has 0 aromatic rings. The monoisotopic (exact) mass is 315 g/mol. The third kappa shape index (κ3) is 26.9. The molecule has 22 heavy (non-hydrogen) atoms. The summed E-state index contributed by atoms with van der Waals surface area (Å²) in [5.41, 5.74) is 0. The molecular formula is C16H33N3O3. The Kier molecular flexibility index (Phi) is 18.0. The van der Waals surface area contributed by atoms with Gasteiger partial charge in [-0.3, -0.25) is 14.4 Å². The SMILES string of the molecule is CC(=O)NCCCCCCNC(C)=O.CCCCNC(C)=O. The standard InChI is InChI=1S/C10H20N2O2.C6H13NO/c1-9(13)11-7-5-3-4-6-8-12-10(2)14;1-3-4-5-7-6(2)8/h3-8H2,1-2H3,(H,11,13)(H,12,14);3-5H2,1-2H3,(H,7,8). The van der Waals surface area contributed by atoms with Crippen molar-refractivity contribution in [2.45, 2.75) is 66.2 Å². The second-order valence-electron chi connectivity index (χ2n) is 5.22. The fourth-order valence-electron chi connectivity index (χ4n) is 1.57. The summed E-state index contributed by atoms with van der Waals surface area (Å²) in [6.07, 6.45) is 6.44. The molecule has 0 saturated heterocycles. The average Bonchev–Trinajstić information content (AvgIpc) is 2.42. The zero-order valence-corrected chi connectivity index (χ0v) is 14.6. The minimum Gasteiger partial charge on any atom is -0.356 e. The van der Waals surface area contributed by atoms with Crippen molar-refractivity contribution in [2.75, 3.05) is 19.6 Å². The molecule has 0 aromatic carbocycles. The summed E-state index contributed by atoms with van der Waals surface area (Å²) in [7, 11) is 0. The number of carbonyl (C=O) groups excluding carboxylic acids is 3. The summed E-state index contributed by atoms with van der Waals surface area (Å²) in [4.78, 5) is 31.2. The van der Waals surface area contributed by atoms with Crippen LogP contribution in [-0.4, -0.2) is 37.4 Å². The Labute approximate surface area is 134 Å². The second kappa shape index (κ2) is 17.5. The van der Waals surface area contributed by atoms with Crippen molar-refractivity contribution in [1.29, 1.82) is 0 Å². The summed E-state index contributed by atoms with van der Waals surface area (Å²) in [5.74, 6) is 0.130. The van der Waals surface area contributed by atoms with Crippen molar-refractivity contribution in [1.82, 2.24) is 16.0 Å². The van der Waals surface area contributed by atoms with Crippen molar-refractivity contribution in [3.63, 3.8) is 0 Å². The van der Waals surface area contributed by atoms with Crippen molar-refractivity contribution < 1.29 is 14.4 Å². The van der Waals surface area contributed by atoms with Gasteiger partial charge in [0.15, 0.2) is 0 Å². The molecule has 0 aliphatic heterocycles. The lowest BCUT2D eigenvalue weighted by Gasteiger charge is -2.03. The number of hydrogen-bond donors (Lipinski definition) is 3.